The van der Waals surface area contributed by atoms with Gasteiger partial charge in [0, 0.05) is 12.2 Å². The highest BCUT2D eigenvalue weighted by atomic mass is 16.5. The second-order valence-electron chi connectivity index (χ2n) is 6.57. The molecular weight excluding hydrogens is 330 g/mol. The van der Waals surface area contributed by atoms with Crippen LogP contribution in [0.25, 0.3) is 0 Å². The average molecular weight is 351 g/mol. The number of fused-ring (bicyclic) bond motifs is 1. The number of benzene rings is 1. The Morgan fingerprint density at radius 1 is 1.35 bits per heavy atom. The number of aliphatic hydroxyl groups excluding tert-OH is 1. The number of ether oxygens (including phenoxy) is 1. The van der Waals surface area contributed by atoms with Gasteiger partial charge in [0.2, 0.25) is 0 Å². The molecule has 6 heteroatoms. The van der Waals surface area contributed by atoms with Gasteiger partial charge in [-0.2, -0.15) is 5.10 Å². The minimum Gasteiger partial charge on any atom is -0.384 e. The van der Waals surface area contributed by atoms with Gasteiger partial charge >= 0.3 is 0 Å². The predicted octanol–water partition coefficient (Wildman–Crippen LogP) is 1.95. The zero-order valence-electron chi connectivity index (χ0n) is 14.4. The number of carbonyl (C=O) groups excluding carboxylic acids is 1. The molecule has 6 nitrogen and oxygen atoms in total. The van der Waals surface area contributed by atoms with Gasteiger partial charge in [-0.25, -0.2) is 4.68 Å². The van der Waals surface area contributed by atoms with E-state index in [9.17, 15) is 4.79 Å². The third kappa shape index (κ3) is 3.24. The molecule has 1 fully saturated rings. The Labute approximate surface area is 152 Å². The molecule has 0 radical (unpaired) electrons. The van der Waals surface area contributed by atoms with Gasteiger partial charge in [-0.15, -0.1) is 0 Å². The third-order valence-electron chi connectivity index (χ3n) is 4.83. The Bertz CT molecular complexity index is 872. The molecule has 134 valence electrons. The summed E-state index contributed by atoms with van der Waals surface area (Å²) in [4.78, 5) is 12.4. The van der Waals surface area contributed by atoms with Crippen molar-refractivity contribution in [1.29, 1.82) is 0 Å². The Balaban J connectivity index is 1.66. The van der Waals surface area contributed by atoms with E-state index in [2.05, 4.69) is 17.2 Å². The monoisotopic (exact) mass is 351 g/mol. The molecule has 3 heterocycles. The second-order valence-corrected chi connectivity index (χ2v) is 6.57. The first-order valence-electron chi connectivity index (χ1n) is 8.96. The van der Waals surface area contributed by atoms with E-state index in [0.29, 0.717) is 18.7 Å². The third-order valence-corrected chi connectivity index (χ3v) is 4.83. The largest absolute Gasteiger partial charge is 0.384 e. The molecule has 0 bridgehead atoms. The predicted molar refractivity (Wildman–Crippen MR) is 95.4 cm³/mol. The number of hydrogen-bond donors (Lipinski definition) is 2. The Kier molecular flexibility index (Phi) is 4.74. The summed E-state index contributed by atoms with van der Waals surface area (Å²) in [5.74, 6) is 5.56. The standard InChI is InChI=1S/C20H21N3O3/c24-10-5-7-15-13-18(22-23(15)19-9-3-4-11-26-19)17-12-14-6-1-2-8-16(14)20(25)21-17/h1-2,6,8,13,17,19,24H,3-4,9-12H2,(H,21,25). The van der Waals surface area contributed by atoms with Gasteiger partial charge in [-0.3, -0.25) is 4.79 Å². The van der Waals surface area contributed by atoms with Gasteiger partial charge in [-0.05, 0) is 49.3 Å². The van der Waals surface area contributed by atoms with Crippen LogP contribution in [0.3, 0.4) is 0 Å². The van der Waals surface area contributed by atoms with Gasteiger partial charge in [0.25, 0.3) is 5.91 Å². The van der Waals surface area contributed by atoms with Crippen molar-refractivity contribution in [3.8, 4) is 11.8 Å². The van der Waals surface area contributed by atoms with Crippen molar-refractivity contribution >= 4 is 5.91 Å². The molecular formula is C20H21N3O3. The number of nitrogens with zero attached hydrogens (tertiary/aromatic N) is 2. The number of carbonyl (C=O) groups is 1. The molecule has 1 saturated heterocycles. The highest BCUT2D eigenvalue weighted by Crippen LogP contribution is 2.28. The molecule has 2 N–H and O–H groups in total. The summed E-state index contributed by atoms with van der Waals surface area (Å²) in [7, 11) is 0. The van der Waals surface area contributed by atoms with E-state index < -0.39 is 0 Å². The normalized spacial score (nSPS) is 22.1. The van der Waals surface area contributed by atoms with E-state index in [4.69, 9.17) is 14.9 Å². The van der Waals surface area contributed by atoms with E-state index in [1.807, 2.05) is 30.3 Å². The summed E-state index contributed by atoms with van der Waals surface area (Å²) in [5, 5.41) is 16.8. The van der Waals surface area contributed by atoms with Crippen molar-refractivity contribution in [3.05, 3.63) is 52.8 Å². The molecule has 0 saturated carbocycles. The Morgan fingerprint density at radius 3 is 3.04 bits per heavy atom. The maximum atomic E-state index is 12.4. The van der Waals surface area contributed by atoms with Crippen LogP contribution in [0.1, 0.15) is 58.8 Å². The summed E-state index contributed by atoms with van der Waals surface area (Å²) >= 11 is 0. The van der Waals surface area contributed by atoms with Gasteiger partial charge < -0.3 is 15.2 Å². The summed E-state index contributed by atoms with van der Waals surface area (Å²) in [5.41, 5.74) is 3.21. The maximum Gasteiger partial charge on any atom is 0.252 e. The molecule has 26 heavy (non-hydrogen) atoms. The molecule has 2 aliphatic rings. The lowest BCUT2D eigenvalue weighted by Crippen LogP contribution is -2.35. The highest BCUT2D eigenvalue weighted by Gasteiger charge is 2.28. The number of hydrogen-bond acceptors (Lipinski definition) is 4. The van der Waals surface area contributed by atoms with E-state index >= 15 is 0 Å². The molecule has 2 atom stereocenters. The maximum absolute atomic E-state index is 12.4. The van der Waals surface area contributed by atoms with Crippen LogP contribution >= 0.6 is 0 Å². The lowest BCUT2D eigenvalue weighted by atomic mass is 9.94. The molecule has 1 aromatic carbocycles. The van der Waals surface area contributed by atoms with Crippen molar-refractivity contribution in [2.75, 3.05) is 13.2 Å². The van der Waals surface area contributed by atoms with Crippen LogP contribution in [0, 0.1) is 11.8 Å². The molecule has 1 aromatic heterocycles. The zero-order chi connectivity index (χ0) is 17.9. The Hall–Kier alpha value is -2.62. The second kappa shape index (κ2) is 7.32. The molecule has 0 spiro atoms. The number of aromatic nitrogens is 2. The molecule has 2 aromatic rings. The lowest BCUT2D eigenvalue weighted by molar-refractivity contribution is -0.0402. The SMILES string of the molecule is O=C1NC(c2cc(C#CCO)n(C3CCCCO3)n2)Cc2ccccc21. The number of rotatable bonds is 2. The molecule has 4 rings (SSSR count). The number of aliphatic hydroxyl groups is 1. The number of amides is 1. The van der Waals surface area contributed by atoms with Crippen LogP contribution in [0.5, 0.6) is 0 Å². The summed E-state index contributed by atoms with van der Waals surface area (Å²) < 4.78 is 7.64. The Morgan fingerprint density at radius 2 is 2.23 bits per heavy atom. The van der Waals surface area contributed by atoms with E-state index in [1.165, 1.54) is 0 Å². The van der Waals surface area contributed by atoms with Crippen LogP contribution in [0.4, 0.5) is 0 Å². The van der Waals surface area contributed by atoms with Gasteiger partial charge in [-0.1, -0.05) is 24.1 Å². The van der Waals surface area contributed by atoms with Gasteiger partial charge in [0.05, 0.1) is 11.7 Å². The topological polar surface area (TPSA) is 76.4 Å². The summed E-state index contributed by atoms with van der Waals surface area (Å²) in [6.07, 6.45) is 3.57. The van der Waals surface area contributed by atoms with Crippen molar-refractivity contribution in [2.45, 2.75) is 38.0 Å². The van der Waals surface area contributed by atoms with Crippen molar-refractivity contribution in [1.82, 2.24) is 15.1 Å². The summed E-state index contributed by atoms with van der Waals surface area (Å²) in [6, 6.07) is 9.33. The molecule has 2 unspecified atom stereocenters. The van der Waals surface area contributed by atoms with Crippen LogP contribution < -0.4 is 5.32 Å². The van der Waals surface area contributed by atoms with Crippen LogP contribution in [-0.2, 0) is 11.2 Å². The smallest absolute Gasteiger partial charge is 0.252 e. The van der Waals surface area contributed by atoms with E-state index in [-0.39, 0.29) is 24.8 Å². The fourth-order valence-electron chi connectivity index (χ4n) is 3.55. The minimum atomic E-state index is -0.209. The quantitative estimate of drug-likeness (QED) is 0.811. The van der Waals surface area contributed by atoms with Gasteiger partial charge in [0.1, 0.15) is 12.3 Å². The molecule has 0 aliphatic carbocycles. The summed E-state index contributed by atoms with van der Waals surface area (Å²) in [6.45, 7) is 0.500. The average Bonchev–Trinajstić information content (AvgIpc) is 3.11. The fourth-order valence-corrected chi connectivity index (χ4v) is 3.55. The van der Waals surface area contributed by atoms with Crippen molar-refractivity contribution in [3.63, 3.8) is 0 Å². The van der Waals surface area contributed by atoms with Crippen LogP contribution in [-0.4, -0.2) is 34.0 Å². The fraction of sp³-hybridized carbons (Fsp3) is 0.400. The van der Waals surface area contributed by atoms with Crippen molar-refractivity contribution < 1.29 is 14.6 Å². The van der Waals surface area contributed by atoms with Gasteiger partial charge in [0.15, 0.2) is 6.23 Å². The highest BCUT2D eigenvalue weighted by molar-refractivity contribution is 5.97. The first-order valence-corrected chi connectivity index (χ1v) is 8.96. The van der Waals surface area contributed by atoms with E-state index in [1.54, 1.807) is 4.68 Å². The molecule has 1 amide bonds. The van der Waals surface area contributed by atoms with E-state index in [0.717, 1.165) is 36.1 Å². The lowest BCUT2D eigenvalue weighted by Gasteiger charge is -2.25. The van der Waals surface area contributed by atoms with Crippen molar-refractivity contribution in [2.24, 2.45) is 0 Å². The van der Waals surface area contributed by atoms with Crippen LogP contribution in [0.2, 0.25) is 0 Å². The zero-order valence-corrected chi connectivity index (χ0v) is 14.4. The van der Waals surface area contributed by atoms with Crippen LogP contribution in [0.15, 0.2) is 30.3 Å². The first-order chi connectivity index (χ1) is 12.8. The molecule has 2 aliphatic heterocycles. The minimum absolute atomic E-state index is 0.0803. The number of nitrogens with one attached hydrogen (secondary N) is 1. The first kappa shape index (κ1) is 16.8.